The highest BCUT2D eigenvalue weighted by Gasteiger charge is 2.12. The Morgan fingerprint density at radius 2 is 1.32 bits per heavy atom. The lowest BCUT2D eigenvalue weighted by Gasteiger charge is -2.12. The smallest absolute Gasteiger partial charge is 0.313 e. The minimum Gasteiger partial charge on any atom is -0.465 e. The van der Waals surface area contributed by atoms with Crippen molar-refractivity contribution in [3.05, 3.63) is 0 Å². The summed E-state index contributed by atoms with van der Waals surface area (Å²) in [6.07, 6.45) is 18.6. The Morgan fingerprint density at radius 3 is 1.93 bits per heavy atom. The molecule has 0 fully saturated rings. The third kappa shape index (κ3) is 19.9. The summed E-state index contributed by atoms with van der Waals surface area (Å²) in [7, 11) is 0. The SMILES string of the molecule is CCCCCCCCCC(=O)CC(=O)OCC(C)CCCCCCCCCN. The summed E-state index contributed by atoms with van der Waals surface area (Å²) in [5.74, 6) is 0.0555. The van der Waals surface area contributed by atoms with E-state index >= 15 is 0 Å². The van der Waals surface area contributed by atoms with E-state index in [0.29, 0.717) is 18.9 Å². The molecule has 2 N–H and O–H groups in total. The van der Waals surface area contributed by atoms with Gasteiger partial charge in [-0.3, -0.25) is 9.59 Å². The fourth-order valence-corrected chi connectivity index (χ4v) is 3.42. The third-order valence-corrected chi connectivity index (χ3v) is 5.33. The highest BCUT2D eigenvalue weighted by molar-refractivity contribution is 5.95. The van der Waals surface area contributed by atoms with Crippen LogP contribution in [-0.4, -0.2) is 24.9 Å². The number of nitrogens with two attached hydrogens (primary N) is 1. The van der Waals surface area contributed by atoms with E-state index in [4.69, 9.17) is 10.5 Å². The average molecular weight is 398 g/mol. The van der Waals surface area contributed by atoms with Gasteiger partial charge in [-0.05, 0) is 31.7 Å². The van der Waals surface area contributed by atoms with Crippen molar-refractivity contribution in [1.29, 1.82) is 0 Å². The Bertz CT molecular complexity index is 371. The first kappa shape index (κ1) is 27.1. The molecular formula is C24H47NO3. The molecule has 4 nitrogen and oxygen atoms in total. The molecule has 1 unspecified atom stereocenters. The number of ether oxygens (including phenoxy) is 1. The van der Waals surface area contributed by atoms with Crippen LogP contribution >= 0.6 is 0 Å². The van der Waals surface area contributed by atoms with Crippen molar-refractivity contribution in [1.82, 2.24) is 0 Å². The van der Waals surface area contributed by atoms with Crippen LogP contribution in [-0.2, 0) is 14.3 Å². The zero-order valence-corrected chi connectivity index (χ0v) is 18.8. The van der Waals surface area contributed by atoms with Gasteiger partial charge < -0.3 is 10.5 Å². The van der Waals surface area contributed by atoms with E-state index in [1.807, 2.05) is 0 Å². The van der Waals surface area contributed by atoms with E-state index in [-0.39, 0.29) is 18.2 Å². The fourth-order valence-electron chi connectivity index (χ4n) is 3.42. The highest BCUT2D eigenvalue weighted by Crippen LogP contribution is 2.13. The second-order valence-electron chi connectivity index (χ2n) is 8.43. The molecule has 0 aliphatic heterocycles. The van der Waals surface area contributed by atoms with Crippen LogP contribution in [0.5, 0.6) is 0 Å². The first-order valence-corrected chi connectivity index (χ1v) is 12.0. The van der Waals surface area contributed by atoms with Gasteiger partial charge in [-0.15, -0.1) is 0 Å². The first-order chi connectivity index (χ1) is 13.6. The molecule has 166 valence electrons. The van der Waals surface area contributed by atoms with Gasteiger partial charge in [-0.25, -0.2) is 0 Å². The molecule has 0 rings (SSSR count). The zero-order valence-electron chi connectivity index (χ0n) is 18.8. The Hall–Kier alpha value is -0.900. The normalized spacial score (nSPS) is 12.1. The molecule has 4 heteroatoms. The lowest BCUT2D eigenvalue weighted by atomic mass is 10.0. The summed E-state index contributed by atoms with van der Waals surface area (Å²) in [5, 5.41) is 0. The second kappa shape index (κ2) is 20.8. The Balaban J connectivity index is 3.49. The van der Waals surface area contributed by atoms with Crippen LogP contribution in [0.1, 0.15) is 123 Å². The second-order valence-corrected chi connectivity index (χ2v) is 8.43. The topological polar surface area (TPSA) is 69.4 Å². The largest absolute Gasteiger partial charge is 0.465 e. The lowest BCUT2D eigenvalue weighted by Crippen LogP contribution is -2.15. The third-order valence-electron chi connectivity index (χ3n) is 5.33. The summed E-state index contributed by atoms with van der Waals surface area (Å²) in [5.41, 5.74) is 5.49. The van der Waals surface area contributed by atoms with Gasteiger partial charge in [0, 0.05) is 6.42 Å². The molecule has 0 aromatic rings. The van der Waals surface area contributed by atoms with Crippen LogP contribution in [0.2, 0.25) is 0 Å². The molecule has 1 atom stereocenters. The molecule has 28 heavy (non-hydrogen) atoms. The van der Waals surface area contributed by atoms with Crippen molar-refractivity contribution >= 4 is 11.8 Å². The molecule has 0 bridgehead atoms. The van der Waals surface area contributed by atoms with Crippen LogP contribution in [0.15, 0.2) is 0 Å². The number of hydrogen-bond donors (Lipinski definition) is 1. The van der Waals surface area contributed by atoms with Crippen molar-refractivity contribution in [2.24, 2.45) is 11.7 Å². The van der Waals surface area contributed by atoms with Gasteiger partial charge in [0.2, 0.25) is 0 Å². The lowest BCUT2D eigenvalue weighted by molar-refractivity contribution is -0.147. The molecule has 0 aromatic heterocycles. The molecular weight excluding hydrogens is 350 g/mol. The number of unbranched alkanes of at least 4 members (excludes halogenated alkanes) is 12. The van der Waals surface area contributed by atoms with Crippen LogP contribution in [0.4, 0.5) is 0 Å². The quantitative estimate of drug-likeness (QED) is 0.139. The monoisotopic (exact) mass is 397 g/mol. The van der Waals surface area contributed by atoms with Crippen LogP contribution in [0.25, 0.3) is 0 Å². The minimum absolute atomic E-state index is 0.0286. The maximum atomic E-state index is 11.9. The van der Waals surface area contributed by atoms with Crippen molar-refractivity contribution in [3.8, 4) is 0 Å². The van der Waals surface area contributed by atoms with Gasteiger partial charge in [-0.1, -0.05) is 90.9 Å². The summed E-state index contributed by atoms with van der Waals surface area (Å²) in [6, 6.07) is 0. The van der Waals surface area contributed by atoms with Crippen molar-refractivity contribution in [2.75, 3.05) is 13.2 Å². The molecule has 0 aromatic carbocycles. The molecule has 0 saturated carbocycles. The summed E-state index contributed by atoms with van der Waals surface area (Å²) in [4.78, 5) is 23.7. The number of esters is 1. The maximum absolute atomic E-state index is 11.9. The maximum Gasteiger partial charge on any atom is 0.313 e. The molecule has 0 spiro atoms. The molecule has 0 radical (unpaired) electrons. The fraction of sp³-hybridized carbons (Fsp3) is 0.917. The number of rotatable bonds is 21. The van der Waals surface area contributed by atoms with Gasteiger partial charge in [0.1, 0.15) is 12.2 Å². The number of hydrogen-bond acceptors (Lipinski definition) is 4. The van der Waals surface area contributed by atoms with Crippen LogP contribution in [0, 0.1) is 5.92 Å². The number of carbonyl (C=O) groups excluding carboxylic acids is 2. The van der Waals surface area contributed by atoms with Crippen LogP contribution < -0.4 is 5.73 Å². The zero-order chi connectivity index (χ0) is 20.9. The predicted octanol–water partition coefficient (Wildman–Crippen LogP) is 6.35. The number of Topliss-reactive ketones (excluding diaryl/α,β-unsaturated/α-hetero) is 1. The van der Waals surface area contributed by atoms with Gasteiger partial charge in [-0.2, -0.15) is 0 Å². The van der Waals surface area contributed by atoms with Crippen molar-refractivity contribution in [3.63, 3.8) is 0 Å². The average Bonchev–Trinajstić information content (AvgIpc) is 2.67. The Morgan fingerprint density at radius 1 is 0.786 bits per heavy atom. The van der Waals surface area contributed by atoms with Gasteiger partial charge in [0.15, 0.2) is 0 Å². The highest BCUT2D eigenvalue weighted by atomic mass is 16.5. The van der Waals surface area contributed by atoms with Gasteiger partial charge in [0.25, 0.3) is 0 Å². The van der Waals surface area contributed by atoms with E-state index in [9.17, 15) is 9.59 Å². The summed E-state index contributed by atoms with van der Waals surface area (Å²) >= 11 is 0. The first-order valence-electron chi connectivity index (χ1n) is 12.0. The van der Waals surface area contributed by atoms with E-state index in [1.54, 1.807) is 0 Å². The summed E-state index contributed by atoms with van der Waals surface area (Å²) < 4.78 is 5.30. The van der Waals surface area contributed by atoms with Gasteiger partial charge >= 0.3 is 5.97 Å². The molecule has 0 amide bonds. The van der Waals surface area contributed by atoms with Crippen LogP contribution in [0.3, 0.4) is 0 Å². The van der Waals surface area contributed by atoms with E-state index in [0.717, 1.165) is 32.2 Å². The molecule has 0 heterocycles. The molecule has 0 aliphatic carbocycles. The number of carbonyl (C=O) groups is 2. The molecule has 0 saturated heterocycles. The van der Waals surface area contributed by atoms with Crippen molar-refractivity contribution < 1.29 is 14.3 Å². The number of ketones is 1. The van der Waals surface area contributed by atoms with E-state index in [1.165, 1.54) is 70.6 Å². The van der Waals surface area contributed by atoms with Gasteiger partial charge in [0.05, 0.1) is 6.61 Å². The predicted molar refractivity (Wildman–Crippen MR) is 118 cm³/mol. The minimum atomic E-state index is -0.348. The van der Waals surface area contributed by atoms with E-state index in [2.05, 4.69) is 13.8 Å². The Labute approximate surface area is 174 Å². The van der Waals surface area contributed by atoms with E-state index < -0.39 is 0 Å². The van der Waals surface area contributed by atoms with Crippen molar-refractivity contribution in [2.45, 2.75) is 123 Å². The summed E-state index contributed by atoms with van der Waals surface area (Å²) in [6.45, 7) is 5.58. The molecule has 0 aliphatic rings. The Kier molecular flexibility index (Phi) is 20.2. The standard InChI is InChI=1S/C24H47NO3/c1-3-4-5-6-8-12-15-18-23(26)20-24(27)28-21-22(2)17-14-11-9-7-10-13-16-19-25/h22H,3-21,25H2,1-2H3.